The summed E-state index contributed by atoms with van der Waals surface area (Å²) < 4.78 is 5.14. The Morgan fingerprint density at radius 3 is 2.94 bits per heavy atom. The molecule has 0 saturated heterocycles. The van der Waals surface area contributed by atoms with Crippen LogP contribution in [0.3, 0.4) is 0 Å². The fourth-order valence-corrected chi connectivity index (χ4v) is 1.30. The Morgan fingerprint density at radius 1 is 1.41 bits per heavy atom. The molecule has 88 valence electrons. The van der Waals surface area contributed by atoms with Crippen molar-refractivity contribution in [3.05, 3.63) is 42.2 Å². The lowest BCUT2D eigenvalue weighted by molar-refractivity contribution is 0.0948. The summed E-state index contributed by atoms with van der Waals surface area (Å²) in [7, 11) is 0. The smallest absolute Gasteiger partial charge is 0.271 e. The third-order valence-electron chi connectivity index (χ3n) is 2.14. The summed E-state index contributed by atoms with van der Waals surface area (Å²) in [4.78, 5) is 19.3. The molecular formula is C11H12N4O2. The Labute approximate surface area is 97.9 Å². The van der Waals surface area contributed by atoms with Crippen molar-refractivity contribution >= 4 is 11.7 Å². The summed E-state index contributed by atoms with van der Waals surface area (Å²) in [5.74, 6) is 0.842. The molecule has 6 nitrogen and oxygen atoms in total. The van der Waals surface area contributed by atoms with Gasteiger partial charge in [-0.25, -0.2) is 9.97 Å². The Morgan fingerprint density at radius 2 is 2.29 bits per heavy atom. The van der Waals surface area contributed by atoms with Crippen LogP contribution in [0.1, 0.15) is 16.2 Å². The zero-order valence-corrected chi connectivity index (χ0v) is 9.09. The predicted molar refractivity (Wildman–Crippen MR) is 61.2 cm³/mol. The molecule has 0 aromatic carbocycles. The number of carbonyl (C=O) groups excluding carboxylic acids is 1. The number of furan rings is 1. The van der Waals surface area contributed by atoms with Gasteiger partial charge < -0.3 is 15.5 Å². The average Bonchev–Trinajstić information content (AvgIpc) is 2.83. The first-order chi connectivity index (χ1) is 8.25. The van der Waals surface area contributed by atoms with Crippen LogP contribution in [0.4, 0.5) is 5.82 Å². The van der Waals surface area contributed by atoms with Crippen LogP contribution in [0.2, 0.25) is 0 Å². The van der Waals surface area contributed by atoms with Crippen LogP contribution in [0.5, 0.6) is 0 Å². The largest absolute Gasteiger partial charge is 0.469 e. The average molecular weight is 232 g/mol. The molecule has 0 atom stereocenters. The summed E-state index contributed by atoms with van der Waals surface area (Å²) in [6.45, 7) is 0.485. The minimum atomic E-state index is -0.274. The van der Waals surface area contributed by atoms with E-state index in [4.69, 9.17) is 10.2 Å². The lowest BCUT2D eigenvalue weighted by atomic mass is 10.3. The molecule has 6 heteroatoms. The first-order valence-corrected chi connectivity index (χ1v) is 5.14. The highest BCUT2D eigenvalue weighted by Crippen LogP contribution is 2.00. The van der Waals surface area contributed by atoms with Crippen molar-refractivity contribution in [1.82, 2.24) is 15.3 Å². The monoisotopic (exact) mass is 232 g/mol. The van der Waals surface area contributed by atoms with Crippen molar-refractivity contribution in [2.24, 2.45) is 0 Å². The van der Waals surface area contributed by atoms with E-state index in [1.54, 1.807) is 6.26 Å². The number of nitrogens with one attached hydrogen (secondary N) is 1. The minimum absolute atomic E-state index is 0.249. The highest BCUT2D eigenvalue weighted by molar-refractivity contribution is 5.91. The molecule has 2 aromatic heterocycles. The summed E-state index contributed by atoms with van der Waals surface area (Å²) >= 11 is 0. The molecule has 2 rings (SSSR count). The van der Waals surface area contributed by atoms with E-state index in [0.717, 1.165) is 5.76 Å². The van der Waals surface area contributed by atoms with Crippen molar-refractivity contribution in [2.75, 3.05) is 12.3 Å². The topological polar surface area (TPSA) is 94.0 Å². The van der Waals surface area contributed by atoms with E-state index in [9.17, 15) is 4.79 Å². The Bertz CT molecular complexity index is 479. The van der Waals surface area contributed by atoms with Crippen LogP contribution in [0, 0.1) is 0 Å². The van der Waals surface area contributed by atoms with E-state index < -0.39 is 0 Å². The number of hydrogen-bond acceptors (Lipinski definition) is 5. The van der Waals surface area contributed by atoms with E-state index >= 15 is 0 Å². The molecule has 2 heterocycles. The molecule has 1 amide bonds. The molecule has 0 aliphatic heterocycles. The quantitative estimate of drug-likeness (QED) is 0.806. The Balaban J connectivity index is 1.83. The van der Waals surface area contributed by atoms with Gasteiger partial charge in [0.05, 0.1) is 18.7 Å². The number of anilines is 1. The van der Waals surface area contributed by atoms with Gasteiger partial charge in [-0.15, -0.1) is 0 Å². The third kappa shape index (κ3) is 3.04. The zero-order valence-electron chi connectivity index (χ0n) is 9.09. The number of nitrogen functional groups attached to an aromatic ring is 1. The molecule has 0 spiro atoms. The number of aromatic nitrogens is 2. The normalized spacial score (nSPS) is 10.1. The maximum absolute atomic E-state index is 11.6. The van der Waals surface area contributed by atoms with Crippen molar-refractivity contribution in [1.29, 1.82) is 0 Å². The first-order valence-electron chi connectivity index (χ1n) is 5.14. The summed E-state index contributed by atoms with van der Waals surface area (Å²) in [6.07, 6.45) is 4.93. The lowest BCUT2D eigenvalue weighted by Gasteiger charge is -2.02. The van der Waals surface area contributed by atoms with Crippen LogP contribution < -0.4 is 11.1 Å². The van der Waals surface area contributed by atoms with E-state index in [1.807, 2.05) is 12.1 Å². The molecule has 0 bridgehead atoms. The van der Waals surface area contributed by atoms with Gasteiger partial charge in [-0.1, -0.05) is 0 Å². The number of rotatable bonds is 4. The molecule has 0 fully saturated rings. The maximum Gasteiger partial charge on any atom is 0.271 e. The van der Waals surface area contributed by atoms with Crippen molar-refractivity contribution in [2.45, 2.75) is 6.42 Å². The fraction of sp³-hybridized carbons (Fsp3) is 0.182. The van der Waals surface area contributed by atoms with Gasteiger partial charge in [-0.2, -0.15) is 0 Å². The number of nitrogens with two attached hydrogens (primary N) is 1. The lowest BCUT2D eigenvalue weighted by Crippen LogP contribution is -2.26. The number of amides is 1. The minimum Gasteiger partial charge on any atom is -0.469 e. The molecule has 0 saturated carbocycles. The summed E-state index contributed by atoms with van der Waals surface area (Å²) in [5, 5.41) is 2.71. The second kappa shape index (κ2) is 5.11. The van der Waals surface area contributed by atoms with E-state index in [1.165, 1.54) is 12.4 Å². The number of hydrogen-bond donors (Lipinski definition) is 2. The maximum atomic E-state index is 11.6. The van der Waals surface area contributed by atoms with Crippen LogP contribution in [-0.4, -0.2) is 22.4 Å². The zero-order chi connectivity index (χ0) is 12.1. The SMILES string of the molecule is Nc1cnc(C(=O)NCCc2ccco2)cn1. The van der Waals surface area contributed by atoms with Gasteiger partial charge in [-0.3, -0.25) is 4.79 Å². The highest BCUT2D eigenvalue weighted by Gasteiger charge is 2.06. The predicted octanol–water partition coefficient (Wildman–Crippen LogP) is 0.624. The summed E-state index contributed by atoms with van der Waals surface area (Å²) in [6, 6.07) is 3.66. The first kappa shape index (κ1) is 11.1. The summed E-state index contributed by atoms with van der Waals surface area (Å²) in [5.41, 5.74) is 5.62. The van der Waals surface area contributed by atoms with Crippen LogP contribution in [0.25, 0.3) is 0 Å². The second-order valence-corrected chi connectivity index (χ2v) is 3.41. The van der Waals surface area contributed by atoms with Gasteiger partial charge >= 0.3 is 0 Å². The van der Waals surface area contributed by atoms with Gasteiger partial charge in [0.1, 0.15) is 17.3 Å². The van der Waals surface area contributed by atoms with Gasteiger partial charge in [-0.05, 0) is 12.1 Å². The molecule has 0 aliphatic carbocycles. The van der Waals surface area contributed by atoms with Crippen molar-refractivity contribution in [3.8, 4) is 0 Å². The third-order valence-corrected chi connectivity index (χ3v) is 2.14. The van der Waals surface area contributed by atoms with Crippen molar-refractivity contribution < 1.29 is 9.21 Å². The molecule has 2 aromatic rings. The van der Waals surface area contributed by atoms with Crippen LogP contribution in [-0.2, 0) is 6.42 Å². The Hall–Kier alpha value is -2.37. The van der Waals surface area contributed by atoms with Crippen LogP contribution >= 0.6 is 0 Å². The fourth-order valence-electron chi connectivity index (χ4n) is 1.30. The molecule has 17 heavy (non-hydrogen) atoms. The van der Waals surface area contributed by atoms with Gasteiger partial charge in [0.25, 0.3) is 5.91 Å². The highest BCUT2D eigenvalue weighted by atomic mass is 16.3. The van der Waals surface area contributed by atoms with E-state index in [0.29, 0.717) is 13.0 Å². The number of nitrogens with zero attached hydrogens (tertiary/aromatic N) is 2. The molecule has 0 radical (unpaired) electrons. The van der Waals surface area contributed by atoms with Gasteiger partial charge in [0.2, 0.25) is 0 Å². The van der Waals surface area contributed by atoms with E-state index in [-0.39, 0.29) is 17.4 Å². The standard InChI is InChI=1S/C11H12N4O2/c12-10-7-14-9(6-15-10)11(16)13-4-3-8-2-1-5-17-8/h1-2,5-7H,3-4H2,(H2,12,15)(H,13,16). The van der Waals surface area contributed by atoms with Gasteiger partial charge in [0.15, 0.2) is 0 Å². The van der Waals surface area contributed by atoms with Gasteiger partial charge in [0, 0.05) is 13.0 Å². The van der Waals surface area contributed by atoms with Crippen molar-refractivity contribution in [3.63, 3.8) is 0 Å². The molecular weight excluding hydrogens is 220 g/mol. The van der Waals surface area contributed by atoms with E-state index in [2.05, 4.69) is 15.3 Å². The molecule has 0 unspecified atom stereocenters. The Kier molecular flexibility index (Phi) is 3.34. The molecule has 0 aliphatic rings. The number of carbonyl (C=O) groups is 1. The van der Waals surface area contributed by atoms with Crippen LogP contribution in [0.15, 0.2) is 35.2 Å². The molecule has 3 N–H and O–H groups in total. The second-order valence-electron chi connectivity index (χ2n) is 3.41.